The van der Waals surface area contributed by atoms with E-state index in [2.05, 4.69) is 89.9 Å². The normalized spacial score (nSPS) is 15.7. The smallest absolute Gasteiger partial charge is 0.252 e. The zero-order valence-corrected chi connectivity index (χ0v) is 22.2. The maximum absolute atomic E-state index is 13.3. The van der Waals surface area contributed by atoms with Crippen molar-refractivity contribution in [3.05, 3.63) is 131 Å². The number of nitrogens with one attached hydrogen (secondary N) is 1. The quantitative estimate of drug-likeness (QED) is 0.261. The second-order valence-corrected chi connectivity index (χ2v) is 10.9. The van der Waals surface area contributed by atoms with E-state index in [0.29, 0.717) is 5.92 Å². The number of hydrogen-bond donors (Lipinski definition) is 1. The molecule has 4 heteroatoms. The molecule has 1 N–H and O–H groups in total. The molecule has 1 unspecified atom stereocenters. The molecule has 1 atom stereocenters. The van der Waals surface area contributed by atoms with E-state index in [0.717, 1.165) is 42.9 Å². The van der Waals surface area contributed by atoms with Gasteiger partial charge in [-0.25, -0.2) is 0 Å². The molecule has 0 aliphatic carbocycles. The lowest BCUT2D eigenvalue weighted by atomic mass is 9.88. The van der Waals surface area contributed by atoms with E-state index in [9.17, 15) is 4.79 Å². The van der Waals surface area contributed by atoms with Gasteiger partial charge in [-0.05, 0) is 61.2 Å². The van der Waals surface area contributed by atoms with Crippen LogP contribution in [0.15, 0.2) is 119 Å². The first kappa shape index (κ1) is 25.3. The maximum atomic E-state index is 13.3. The van der Waals surface area contributed by atoms with Crippen LogP contribution >= 0.6 is 11.8 Å². The monoisotopic (exact) mass is 506 g/mol. The number of likely N-dealkylation sites (tertiary alicyclic amines) is 1. The summed E-state index contributed by atoms with van der Waals surface area (Å²) < 4.78 is 0. The van der Waals surface area contributed by atoms with Gasteiger partial charge < -0.3 is 10.2 Å². The summed E-state index contributed by atoms with van der Waals surface area (Å²) in [5, 5.41) is 3.32. The standard InChI is InChI=1S/C33H34N2OS/c1-25-12-8-10-18-31(25)37-32-19-11-9-17-30(32)33(36)34-28-20-22-35(24-28)23-21-29(26-13-4-2-5-14-26)27-15-6-3-7-16-27/h2-19,28-29H,20-24H2,1H3,(H,34,36). The Labute approximate surface area is 224 Å². The Balaban J connectivity index is 1.20. The fourth-order valence-corrected chi connectivity index (χ4v) is 6.19. The average molecular weight is 507 g/mol. The van der Waals surface area contributed by atoms with Crippen molar-refractivity contribution in [3.8, 4) is 0 Å². The average Bonchev–Trinajstić information content (AvgIpc) is 3.38. The van der Waals surface area contributed by atoms with Gasteiger partial charge in [0.05, 0.1) is 5.56 Å². The molecule has 1 aliphatic heterocycles. The molecule has 188 valence electrons. The number of hydrogen-bond acceptors (Lipinski definition) is 3. The van der Waals surface area contributed by atoms with Crippen molar-refractivity contribution in [2.24, 2.45) is 0 Å². The lowest BCUT2D eigenvalue weighted by Gasteiger charge is -2.22. The summed E-state index contributed by atoms with van der Waals surface area (Å²) in [5.74, 6) is 0.399. The molecule has 0 bridgehead atoms. The van der Waals surface area contributed by atoms with Gasteiger partial charge in [0.2, 0.25) is 0 Å². The van der Waals surface area contributed by atoms with Crippen molar-refractivity contribution in [2.45, 2.75) is 41.5 Å². The second-order valence-electron chi connectivity index (χ2n) is 9.79. The maximum Gasteiger partial charge on any atom is 0.252 e. The lowest BCUT2D eigenvalue weighted by molar-refractivity contribution is 0.0934. The van der Waals surface area contributed by atoms with Crippen LogP contribution in [0.1, 0.15) is 45.8 Å². The minimum atomic E-state index is 0.0231. The molecule has 4 aromatic rings. The summed E-state index contributed by atoms with van der Waals surface area (Å²) in [6, 6.07) is 38.0. The summed E-state index contributed by atoms with van der Waals surface area (Å²) in [6.07, 6.45) is 2.05. The third-order valence-corrected chi connectivity index (χ3v) is 8.44. The minimum absolute atomic E-state index is 0.0231. The van der Waals surface area contributed by atoms with Gasteiger partial charge in [0.25, 0.3) is 5.91 Å². The van der Waals surface area contributed by atoms with Crippen molar-refractivity contribution < 1.29 is 4.79 Å². The molecule has 1 aliphatic rings. The highest BCUT2D eigenvalue weighted by atomic mass is 32.2. The zero-order chi connectivity index (χ0) is 25.5. The number of rotatable bonds is 9. The van der Waals surface area contributed by atoms with Crippen LogP contribution in [0.5, 0.6) is 0 Å². The van der Waals surface area contributed by atoms with Gasteiger partial charge in [0.1, 0.15) is 0 Å². The van der Waals surface area contributed by atoms with Crippen LogP contribution in [0.2, 0.25) is 0 Å². The Morgan fingerprint density at radius 3 is 2.11 bits per heavy atom. The van der Waals surface area contributed by atoms with E-state index in [4.69, 9.17) is 0 Å². The topological polar surface area (TPSA) is 32.3 Å². The lowest BCUT2D eigenvalue weighted by Crippen LogP contribution is -2.37. The van der Waals surface area contributed by atoms with Crippen LogP contribution in [0.3, 0.4) is 0 Å². The molecule has 1 amide bonds. The number of benzene rings is 4. The first-order valence-corrected chi connectivity index (χ1v) is 13.9. The predicted molar refractivity (Wildman–Crippen MR) is 153 cm³/mol. The number of aryl methyl sites for hydroxylation is 1. The van der Waals surface area contributed by atoms with Gasteiger partial charge in [-0.3, -0.25) is 4.79 Å². The zero-order valence-electron chi connectivity index (χ0n) is 21.3. The van der Waals surface area contributed by atoms with E-state index in [1.165, 1.54) is 21.6 Å². The summed E-state index contributed by atoms with van der Waals surface area (Å²) in [4.78, 5) is 18.0. The summed E-state index contributed by atoms with van der Waals surface area (Å²) >= 11 is 1.66. The summed E-state index contributed by atoms with van der Waals surface area (Å²) in [6.45, 7) is 5.04. The highest BCUT2D eigenvalue weighted by molar-refractivity contribution is 7.99. The van der Waals surface area contributed by atoms with E-state index < -0.39 is 0 Å². The Hall–Kier alpha value is -3.34. The minimum Gasteiger partial charge on any atom is -0.348 e. The number of carbonyl (C=O) groups excluding carboxylic acids is 1. The molecule has 37 heavy (non-hydrogen) atoms. The van der Waals surface area contributed by atoms with Crippen molar-refractivity contribution in [1.29, 1.82) is 0 Å². The third kappa shape index (κ3) is 6.51. The largest absolute Gasteiger partial charge is 0.348 e. The van der Waals surface area contributed by atoms with Crippen LogP contribution in [0.4, 0.5) is 0 Å². The molecule has 4 aromatic carbocycles. The molecule has 0 spiro atoms. The van der Waals surface area contributed by atoms with Gasteiger partial charge >= 0.3 is 0 Å². The van der Waals surface area contributed by atoms with Crippen molar-refractivity contribution in [1.82, 2.24) is 10.2 Å². The van der Waals surface area contributed by atoms with E-state index >= 15 is 0 Å². The van der Waals surface area contributed by atoms with Gasteiger partial charge in [0.15, 0.2) is 0 Å². The SMILES string of the molecule is Cc1ccccc1Sc1ccccc1C(=O)NC1CCN(CCC(c2ccccc2)c2ccccc2)C1. The van der Waals surface area contributed by atoms with Crippen LogP contribution in [0.25, 0.3) is 0 Å². The van der Waals surface area contributed by atoms with Crippen molar-refractivity contribution in [3.63, 3.8) is 0 Å². The van der Waals surface area contributed by atoms with Crippen LogP contribution in [-0.4, -0.2) is 36.5 Å². The molecular formula is C33H34N2OS. The van der Waals surface area contributed by atoms with Crippen molar-refractivity contribution >= 4 is 17.7 Å². The van der Waals surface area contributed by atoms with E-state index in [1.54, 1.807) is 11.8 Å². The highest BCUT2D eigenvalue weighted by Crippen LogP contribution is 2.33. The predicted octanol–water partition coefficient (Wildman–Crippen LogP) is 7.17. The van der Waals surface area contributed by atoms with Gasteiger partial charge in [-0.1, -0.05) is 103 Å². The molecule has 0 radical (unpaired) electrons. The molecule has 1 heterocycles. The highest BCUT2D eigenvalue weighted by Gasteiger charge is 2.26. The Morgan fingerprint density at radius 1 is 0.838 bits per heavy atom. The summed E-state index contributed by atoms with van der Waals surface area (Å²) in [5.41, 5.74) is 4.70. The van der Waals surface area contributed by atoms with Gasteiger partial charge in [-0.2, -0.15) is 0 Å². The molecule has 0 saturated carbocycles. The fourth-order valence-electron chi connectivity index (χ4n) is 5.16. The molecule has 3 nitrogen and oxygen atoms in total. The second kappa shape index (κ2) is 12.3. The molecular weight excluding hydrogens is 472 g/mol. The molecule has 5 rings (SSSR count). The van der Waals surface area contributed by atoms with Crippen LogP contribution in [0, 0.1) is 6.92 Å². The Morgan fingerprint density at radius 2 is 1.43 bits per heavy atom. The third-order valence-electron chi connectivity index (χ3n) is 7.19. The molecule has 1 saturated heterocycles. The van der Waals surface area contributed by atoms with Crippen LogP contribution in [-0.2, 0) is 0 Å². The Kier molecular flexibility index (Phi) is 8.39. The molecule has 0 aromatic heterocycles. The first-order valence-electron chi connectivity index (χ1n) is 13.1. The van der Waals surface area contributed by atoms with Gasteiger partial charge in [-0.15, -0.1) is 0 Å². The molecule has 1 fully saturated rings. The summed E-state index contributed by atoms with van der Waals surface area (Å²) in [7, 11) is 0. The van der Waals surface area contributed by atoms with Crippen molar-refractivity contribution in [2.75, 3.05) is 19.6 Å². The first-order chi connectivity index (χ1) is 18.2. The number of nitrogens with zero attached hydrogens (tertiary/aromatic N) is 1. The van der Waals surface area contributed by atoms with Crippen LogP contribution < -0.4 is 5.32 Å². The van der Waals surface area contributed by atoms with Gasteiger partial charge in [0, 0.05) is 34.8 Å². The Bertz CT molecular complexity index is 1270. The van der Waals surface area contributed by atoms with E-state index in [1.807, 2.05) is 36.4 Å². The number of carbonyl (C=O) groups is 1. The fraction of sp³-hybridized carbons (Fsp3) is 0.242. The number of amides is 1. The van der Waals surface area contributed by atoms with E-state index in [-0.39, 0.29) is 11.9 Å².